The Kier molecular flexibility index (Phi) is 3.89. The van der Waals surface area contributed by atoms with Crippen LogP contribution in [0.4, 0.5) is 4.39 Å². The van der Waals surface area contributed by atoms with Gasteiger partial charge in [-0.2, -0.15) is 0 Å². The van der Waals surface area contributed by atoms with E-state index in [4.69, 9.17) is 10.2 Å². The molecule has 0 bridgehead atoms. The van der Waals surface area contributed by atoms with E-state index >= 15 is 0 Å². The fourth-order valence-electron chi connectivity index (χ4n) is 0.996. The second kappa shape index (κ2) is 4.98. The molecular formula is C10H9FO4S. The van der Waals surface area contributed by atoms with Gasteiger partial charge in [0.25, 0.3) is 0 Å². The summed E-state index contributed by atoms with van der Waals surface area (Å²) in [4.78, 5) is 21.6. The van der Waals surface area contributed by atoms with Crippen LogP contribution in [0.25, 0.3) is 0 Å². The lowest BCUT2D eigenvalue weighted by molar-refractivity contribution is -0.136. The summed E-state index contributed by atoms with van der Waals surface area (Å²) < 4.78 is 13.0. The minimum atomic E-state index is -1.37. The standard InChI is InChI=1S/C10H9FO4S/c1-5(9(12)13)16-6-2-3-8(11)7(4-6)10(14)15/h2-5H,1H3,(H,12,13)(H,14,15). The number of thioether (sulfide) groups is 1. The zero-order valence-corrected chi connectivity index (χ0v) is 9.12. The van der Waals surface area contributed by atoms with E-state index in [1.165, 1.54) is 13.0 Å². The summed E-state index contributed by atoms with van der Waals surface area (Å²) in [6, 6.07) is 3.49. The quantitative estimate of drug-likeness (QED) is 0.793. The van der Waals surface area contributed by atoms with Crippen molar-refractivity contribution in [1.29, 1.82) is 0 Å². The number of aliphatic carboxylic acids is 1. The van der Waals surface area contributed by atoms with Crippen LogP contribution in [0, 0.1) is 5.82 Å². The van der Waals surface area contributed by atoms with Crippen molar-refractivity contribution in [2.75, 3.05) is 0 Å². The molecule has 0 spiro atoms. The molecular weight excluding hydrogens is 235 g/mol. The second-order valence-electron chi connectivity index (χ2n) is 3.05. The van der Waals surface area contributed by atoms with Gasteiger partial charge in [-0.15, -0.1) is 11.8 Å². The first kappa shape index (κ1) is 12.5. The van der Waals surface area contributed by atoms with E-state index in [9.17, 15) is 14.0 Å². The highest BCUT2D eigenvalue weighted by molar-refractivity contribution is 8.00. The molecule has 0 aliphatic heterocycles. The Labute approximate surface area is 95.1 Å². The number of benzene rings is 1. The highest BCUT2D eigenvalue weighted by atomic mass is 32.2. The van der Waals surface area contributed by atoms with Gasteiger partial charge in [0.15, 0.2) is 0 Å². The molecule has 1 rings (SSSR count). The third-order valence-corrected chi connectivity index (χ3v) is 2.91. The van der Waals surface area contributed by atoms with Crippen molar-refractivity contribution < 1.29 is 24.2 Å². The zero-order chi connectivity index (χ0) is 12.3. The average Bonchev–Trinajstić information content (AvgIpc) is 2.20. The van der Waals surface area contributed by atoms with E-state index in [-0.39, 0.29) is 0 Å². The first-order valence-corrected chi connectivity index (χ1v) is 5.22. The van der Waals surface area contributed by atoms with Gasteiger partial charge >= 0.3 is 11.9 Å². The molecule has 0 aliphatic rings. The molecule has 86 valence electrons. The summed E-state index contributed by atoms with van der Waals surface area (Å²) in [5.41, 5.74) is -0.456. The van der Waals surface area contributed by atoms with Gasteiger partial charge in [-0.25, -0.2) is 9.18 Å². The first-order valence-electron chi connectivity index (χ1n) is 4.34. The van der Waals surface area contributed by atoms with Crippen molar-refractivity contribution >= 4 is 23.7 Å². The number of rotatable bonds is 4. The number of hydrogen-bond acceptors (Lipinski definition) is 3. The number of carboxylic acid groups (broad SMARTS) is 2. The van der Waals surface area contributed by atoms with E-state index in [2.05, 4.69) is 0 Å². The molecule has 1 unspecified atom stereocenters. The van der Waals surface area contributed by atoms with E-state index < -0.39 is 28.6 Å². The predicted octanol–water partition coefficient (Wildman–Crippen LogP) is 2.09. The molecule has 0 heterocycles. The van der Waals surface area contributed by atoms with E-state index in [1.807, 2.05) is 0 Å². The molecule has 16 heavy (non-hydrogen) atoms. The van der Waals surface area contributed by atoms with Crippen LogP contribution in [0.1, 0.15) is 17.3 Å². The van der Waals surface area contributed by atoms with Crippen LogP contribution in [0.3, 0.4) is 0 Å². The highest BCUT2D eigenvalue weighted by Crippen LogP contribution is 2.25. The summed E-state index contributed by atoms with van der Waals surface area (Å²) >= 11 is 0.962. The molecule has 0 amide bonds. The first-order chi connectivity index (χ1) is 7.41. The van der Waals surface area contributed by atoms with Crippen LogP contribution >= 0.6 is 11.8 Å². The fourth-order valence-corrected chi connectivity index (χ4v) is 1.84. The molecule has 0 radical (unpaired) electrons. The van der Waals surface area contributed by atoms with Gasteiger partial charge in [0.1, 0.15) is 11.1 Å². The Balaban J connectivity index is 2.95. The van der Waals surface area contributed by atoms with E-state index in [1.54, 1.807) is 0 Å². The van der Waals surface area contributed by atoms with Gasteiger partial charge in [0, 0.05) is 4.90 Å². The number of aromatic carboxylic acids is 1. The lowest BCUT2D eigenvalue weighted by Gasteiger charge is -2.06. The molecule has 0 aliphatic carbocycles. The van der Waals surface area contributed by atoms with E-state index in [0.29, 0.717) is 4.90 Å². The molecule has 4 nitrogen and oxygen atoms in total. The normalized spacial score (nSPS) is 12.1. The van der Waals surface area contributed by atoms with Gasteiger partial charge in [0.2, 0.25) is 0 Å². The lowest BCUT2D eigenvalue weighted by atomic mass is 10.2. The minimum absolute atomic E-state index is 0.411. The highest BCUT2D eigenvalue weighted by Gasteiger charge is 2.15. The molecule has 2 N–H and O–H groups in total. The smallest absolute Gasteiger partial charge is 0.338 e. The number of carboxylic acids is 2. The molecule has 0 fully saturated rings. The van der Waals surface area contributed by atoms with Gasteiger partial charge in [-0.3, -0.25) is 4.79 Å². The molecule has 0 saturated heterocycles. The molecule has 0 saturated carbocycles. The summed E-state index contributed by atoms with van der Waals surface area (Å²) in [5, 5.41) is 16.6. The van der Waals surface area contributed by atoms with Crippen molar-refractivity contribution in [3.05, 3.63) is 29.6 Å². The molecule has 1 aromatic rings. The Morgan fingerprint density at radius 3 is 2.50 bits per heavy atom. The van der Waals surface area contributed by atoms with Crippen molar-refractivity contribution in [2.24, 2.45) is 0 Å². The maximum atomic E-state index is 13.0. The largest absolute Gasteiger partial charge is 0.480 e. The van der Waals surface area contributed by atoms with Crippen LogP contribution in [-0.2, 0) is 4.79 Å². The number of halogens is 1. The van der Waals surface area contributed by atoms with Gasteiger partial charge in [0.05, 0.1) is 5.56 Å². The monoisotopic (exact) mass is 244 g/mol. The maximum Gasteiger partial charge on any atom is 0.338 e. The Morgan fingerprint density at radius 2 is 2.00 bits per heavy atom. The molecule has 0 aromatic heterocycles. The Morgan fingerprint density at radius 1 is 1.38 bits per heavy atom. The van der Waals surface area contributed by atoms with Gasteiger partial charge in [-0.1, -0.05) is 0 Å². The maximum absolute atomic E-state index is 13.0. The predicted molar refractivity (Wildman–Crippen MR) is 56.3 cm³/mol. The van der Waals surface area contributed by atoms with Crippen molar-refractivity contribution in [1.82, 2.24) is 0 Å². The third-order valence-electron chi connectivity index (χ3n) is 1.83. The van der Waals surface area contributed by atoms with Crippen molar-refractivity contribution in [3.63, 3.8) is 0 Å². The molecule has 1 aromatic carbocycles. The van der Waals surface area contributed by atoms with Crippen LogP contribution in [0.15, 0.2) is 23.1 Å². The van der Waals surface area contributed by atoms with Crippen LogP contribution in [0.2, 0.25) is 0 Å². The van der Waals surface area contributed by atoms with E-state index in [0.717, 1.165) is 23.9 Å². The minimum Gasteiger partial charge on any atom is -0.480 e. The number of hydrogen-bond donors (Lipinski definition) is 2. The summed E-state index contributed by atoms with van der Waals surface area (Å²) in [7, 11) is 0. The fraction of sp³-hybridized carbons (Fsp3) is 0.200. The Hall–Kier alpha value is -1.56. The lowest BCUT2D eigenvalue weighted by Crippen LogP contribution is -2.11. The topological polar surface area (TPSA) is 74.6 Å². The van der Waals surface area contributed by atoms with Crippen molar-refractivity contribution in [3.8, 4) is 0 Å². The molecule has 1 atom stereocenters. The Bertz CT molecular complexity index is 433. The number of carbonyl (C=O) groups is 2. The SMILES string of the molecule is CC(Sc1ccc(F)c(C(=O)O)c1)C(=O)O. The van der Waals surface area contributed by atoms with Crippen molar-refractivity contribution in [2.45, 2.75) is 17.1 Å². The van der Waals surface area contributed by atoms with Crippen LogP contribution < -0.4 is 0 Å². The average molecular weight is 244 g/mol. The third kappa shape index (κ3) is 2.96. The van der Waals surface area contributed by atoms with Crippen LogP contribution in [0.5, 0.6) is 0 Å². The van der Waals surface area contributed by atoms with Gasteiger partial charge in [-0.05, 0) is 25.1 Å². The van der Waals surface area contributed by atoms with Crippen LogP contribution in [-0.4, -0.2) is 27.4 Å². The zero-order valence-electron chi connectivity index (χ0n) is 8.31. The second-order valence-corrected chi connectivity index (χ2v) is 4.46. The van der Waals surface area contributed by atoms with Gasteiger partial charge < -0.3 is 10.2 Å². The summed E-state index contributed by atoms with van der Waals surface area (Å²) in [6.07, 6.45) is 0. The summed E-state index contributed by atoms with van der Waals surface area (Å²) in [5.74, 6) is -3.21. The molecule has 6 heteroatoms. The summed E-state index contributed by atoms with van der Waals surface area (Å²) in [6.45, 7) is 1.47.